The number of fused-ring (bicyclic) bond motifs is 7. The highest BCUT2D eigenvalue weighted by atomic mass is 16.3. The lowest BCUT2D eigenvalue weighted by Gasteiger charge is -2.17. The molecule has 0 fully saturated rings. The summed E-state index contributed by atoms with van der Waals surface area (Å²) >= 11 is 0. The Morgan fingerprint density at radius 2 is 0.979 bits per heavy atom. The maximum atomic E-state index is 6.46. The Balaban J connectivity index is 1.32. The van der Waals surface area contributed by atoms with Gasteiger partial charge in [0.2, 0.25) is 0 Å². The predicted octanol–water partition coefficient (Wildman–Crippen LogP) is 11.0. The fraction of sp³-hybridized carbons (Fsp3) is 0. The molecule has 0 N–H and O–H groups in total. The molecule has 3 aromatic heterocycles. The van der Waals surface area contributed by atoms with Gasteiger partial charge >= 0.3 is 0 Å². The summed E-state index contributed by atoms with van der Waals surface area (Å²) in [6, 6.07) is 54.4. The summed E-state index contributed by atoms with van der Waals surface area (Å²) in [6.07, 6.45) is 0. The highest BCUT2D eigenvalue weighted by molar-refractivity contribution is 6.12. The third kappa shape index (κ3) is 4.01. The van der Waals surface area contributed by atoms with Crippen LogP contribution in [0.3, 0.4) is 0 Å². The number of hydrogen-bond donors (Lipinski definition) is 0. The SMILES string of the molecule is c1ccc(-c2nc(-c3ccc4ccccc4c3-n3c4ccccc4c4ccccc43)nc(-c3cccc4c3oc3ccccc34)n2)cc1. The van der Waals surface area contributed by atoms with Crippen molar-refractivity contribution in [1.29, 1.82) is 0 Å². The maximum Gasteiger partial charge on any atom is 0.167 e. The molecule has 7 aromatic carbocycles. The minimum atomic E-state index is 0.560. The molecule has 3 heterocycles. The van der Waals surface area contributed by atoms with Gasteiger partial charge in [0, 0.05) is 38.1 Å². The number of para-hydroxylation sites is 4. The topological polar surface area (TPSA) is 56.7 Å². The van der Waals surface area contributed by atoms with Gasteiger partial charge in [-0.05, 0) is 35.7 Å². The summed E-state index contributed by atoms with van der Waals surface area (Å²) in [5, 5.41) is 6.75. The minimum Gasteiger partial charge on any atom is -0.455 e. The van der Waals surface area contributed by atoms with E-state index in [-0.39, 0.29) is 0 Å². The Hall–Kier alpha value is -6.59. The number of furan rings is 1. The van der Waals surface area contributed by atoms with E-state index in [0.717, 1.165) is 66.1 Å². The van der Waals surface area contributed by atoms with Crippen molar-refractivity contribution in [3.8, 4) is 39.9 Å². The first-order valence-electron chi connectivity index (χ1n) is 16.0. The third-order valence-electron chi connectivity index (χ3n) is 9.26. The number of rotatable bonds is 4. The summed E-state index contributed by atoms with van der Waals surface area (Å²) in [5.74, 6) is 1.75. The van der Waals surface area contributed by atoms with Crippen LogP contribution in [-0.2, 0) is 0 Å². The summed E-state index contributed by atoms with van der Waals surface area (Å²) in [4.78, 5) is 15.5. The fourth-order valence-electron chi connectivity index (χ4n) is 7.10. The van der Waals surface area contributed by atoms with Crippen LogP contribution in [0.2, 0.25) is 0 Å². The van der Waals surface area contributed by atoms with E-state index in [1.54, 1.807) is 0 Å². The average molecular weight is 615 g/mol. The first-order valence-corrected chi connectivity index (χ1v) is 16.0. The van der Waals surface area contributed by atoms with Crippen LogP contribution in [0.4, 0.5) is 0 Å². The highest BCUT2D eigenvalue weighted by Crippen LogP contribution is 2.40. The smallest absolute Gasteiger partial charge is 0.167 e. The molecule has 0 saturated carbocycles. The molecule has 0 unspecified atom stereocenters. The van der Waals surface area contributed by atoms with Crippen LogP contribution in [-0.4, -0.2) is 19.5 Å². The molecule has 0 atom stereocenters. The zero-order valence-electron chi connectivity index (χ0n) is 25.7. The van der Waals surface area contributed by atoms with Crippen LogP contribution in [0.1, 0.15) is 0 Å². The molecule has 0 amide bonds. The second kappa shape index (κ2) is 10.5. The van der Waals surface area contributed by atoms with Gasteiger partial charge in [0.1, 0.15) is 11.2 Å². The van der Waals surface area contributed by atoms with E-state index in [9.17, 15) is 0 Å². The molecular weight excluding hydrogens is 589 g/mol. The van der Waals surface area contributed by atoms with Crippen molar-refractivity contribution in [2.45, 2.75) is 0 Å². The Morgan fingerprint density at radius 1 is 0.396 bits per heavy atom. The van der Waals surface area contributed by atoms with Gasteiger partial charge in [-0.1, -0.05) is 127 Å². The molecule has 0 saturated heterocycles. The zero-order valence-corrected chi connectivity index (χ0v) is 25.7. The van der Waals surface area contributed by atoms with Gasteiger partial charge in [0.25, 0.3) is 0 Å². The van der Waals surface area contributed by atoms with Crippen LogP contribution in [0.15, 0.2) is 162 Å². The van der Waals surface area contributed by atoms with E-state index < -0.39 is 0 Å². The Morgan fingerprint density at radius 3 is 1.75 bits per heavy atom. The predicted molar refractivity (Wildman–Crippen MR) is 195 cm³/mol. The first kappa shape index (κ1) is 26.6. The van der Waals surface area contributed by atoms with Crippen molar-refractivity contribution < 1.29 is 4.42 Å². The molecule has 5 heteroatoms. The third-order valence-corrected chi connectivity index (χ3v) is 9.26. The Kier molecular flexibility index (Phi) is 5.81. The van der Waals surface area contributed by atoms with Crippen LogP contribution < -0.4 is 0 Å². The van der Waals surface area contributed by atoms with Gasteiger partial charge in [-0.3, -0.25) is 0 Å². The molecule has 0 aliphatic heterocycles. The van der Waals surface area contributed by atoms with Crippen molar-refractivity contribution >= 4 is 54.5 Å². The summed E-state index contributed by atoms with van der Waals surface area (Å²) in [5.41, 5.74) is 7.53. The summed E-state index contributed by atoms with van der Waals surface area (Å²) in [7, 11) is 0. The van der Waals surface area contributed by atoms with E-state index in [1.165, 1.54) is 10.8 Å². The summed E-state index contributed by atoms with van der Waals surface area (Å²) in [6.45, 7) is 0. The fourth-order valence-corrected chi connectivity index (χ4v) is 7.10. The molecule has 48 heavy (non-hydrogen) atoms. The lowest BCUT2D eigenvalue weighted by Crippen LogP contribution is -2.04. The van der Waals surface area contributed by atoms with E-state index in [2.05, 4.69) is 102 Å². The number of aromatic nitrogens is 4. The van der Waals surface area contributed by atoms with E-state index in [4.69, 9.17) is 19.4 Å². The molecule has 0 aliphatic carbocycles. The number of benzene rings is 7. The standard InChI is InChI=1S/C43H26N4O/c1-2-14-28(15-3-1)41-44-42(46-43(45-41)35-21-12-20-33-32-19-8-11-24-38(32)48-40(33)35)34-26-25-27-13-4-5-16-29(27)39(34)47-36-22-9-6-17-30(36)31-18-7-10-23-37(31)47/h1-26H. The number of nitrogens with zero attached hydrogens (tertiary/aromatic N) is 4. The zero-order chi connectivity index (χ0) is 31.6. The van der Waals surface area contributed by atoms with E-state index in [1.807, 2.05) is 60.7 Å². The second-order valence-corrected chi connectivity index (χ2v) is 12.0. The molecular formula is C43H26N4O. The largest absolute Gasteiger partial charge is 0.455 e. The van der Waals surface area contributed by atoms with Crippen molar-refractivity contribution in [2.24, 2.45) is 0 Å². The molecule has 0 bridgehead atoms. The van der Waals surface area contributed by atoms with E-state index >= 15 is 0 Å². The van der Waals surface area contributed by atoms with Crippen LogP contribution >= 0.6 is 0 Å². The van der Waals surface area contributed by atoms with Crippen molar-refractivity contribution in [3.63, 3.8) is 0 Å². The summed E-state index contributed by atoms with van der Waals surface area (Å²) < 4.78 is 8.83. The van der Waals surface area contributed by atoms with E-state index in [0.29, 0.717) is 17.5 Å². The van der Waals surface area contributed by atoms with Crippen molar-refractivity contribution in [3.05, 3.63) is 158 Å². The second-order valence-electron chi connectivity index (χ2n) is 12.0. The molecule has 0 spiro atoms. The molecule has 10 rings (SSSR count). The first-order chi connectivity index (χ1) is 23.8. The maximum absolute atomic E-state index is 6.46. The van der Waals surface area contributed by atoms with Gasteiger partial charge in [-0.2, -0.15) is 0 Å². The number of hydrogen-bond acceptors (Lipinski definition) is 4. The molecule has 5 nitrogen and oxygen atoms in total. The van der Waals surface area contributed by atoms with Crippen molar-refractivity contribution in [1.82, 2.24) is 19.5 Å². The average Bonchev–Trinajstić information content (AvgIpc) is 3.70. The van der Waals surface area contributed by atoms with Crippen LogP contribution in [0, 0.1) is 0 Å². The van der Waals surface area contributed by atoms with Crippen molar-refractivity contribution in [2.75, 3.05) is 0 Å². The lowest BCUT2D eigenvalue weighted by molar-refractivity contribution is 0.669. The molecule has 0 aliphatic rings. The van der Waals surface area contributed by atoms with Gasteiger partial charge < -0.3 is 8.98 Å². The quantitative estimate of drug-likeness (QED) is 0.198. The van der Waals surface area contributed by atoms with Crippen LogP contribution in [0.5, 0.6) is 0 Å². The molecule has 224 valence electrons. The lowest BCUT2D eigenvalue weighted by atomic mass is 10.0. The highest BCUT2D eigenvalue weighted by Gasteiger charge is 2.22. The normalized spacial score (nSPS) is 11.8. The van der Waals surface area contributed by atoms with Gasteiger partial charge in [-0.25, -0.2) is 15.0 Å². The van der Waals surface area contributed by atoms with Crippen LogP contribution in [0.25, 0.3) is 94.4 Å². The van der Waals surface area contributed by atoms with Gasteiger partial charge in [0.05, 0.1) is 22.3 Å². The minimum absolute atomic E-state index is 0.560. The van der Waals surface area contributed by atoms with Gasteiger partial charge in [0.15, 0.2) is 17.5 Å². The monoisotopic (exact) mass is 614 g/mol. The molecule has 0 radical (unpaired) electrons. The Bertz CT molecular complexity index is 2800. The van der Waals surface area contributed by atoms with Gasteiger partial charge in [-0.15, -0.1) is 0 Å². The molecule has 10 aromatic rings. The Labute approximate surface area is 275 Å².